The van der Waals surface area contributed by atoms with Gasteiger partial charge in [0.2, 0.25) is 0 Å². The first-order valence-electron chi connectivity index (χ1n) is 6.26. The van der Waals surface area contributed by atoms with Crippen LogP contribution in [0.5, 0.6) is 0 Å². The molecule has 0 saturated heterocycles. The van der Waals surface area contributed by atoms with Gasteiger partial charge in [-0.15, -0.1) is 0 Å². The second-order valence-corrected chi connectivity index (χ2v) is 4.85. The summed E-state index contributed by atoms with van der Waals surface area (Å²) in [5.41, 5.74) is 1.96. The molecule has 1 heterocycles. The Morgan fingerprint density at radius 1 is 1.05 bits per heavy atom. The van der Waals surface area contributed by atoms with Crippen LogP contribution in [0.3, 0.4) is 0 Å². The molecule has 1 atom stereocenters. The van der Waals surface area contributed by atoms with Crippen molar-refractivity contribution in [2.45, 2.75) is 12.3 Å². The maximum Gasteiger partial charge on any atom is 0.161 e. The maximum atomic E-state index is 6.13. The van der Waals surface area contributed by atoms with Crippen molar-refractivity contribution in [3.63, 3.8) is 0 Å². The third-order valence-electron chi connectivity index (χ3n) is 3.11. The van der Waals surface area contributed by atoms with Crippen LogP contribution < -0.4 is 0 Å². The molecule has 0 N–H and O–H groups in total. The summed E-state index contributed by atoms with van der Waals surface area (Å²) in [6, 6.07) is 11.8. The lowest BCUT2D eigenvalue weighted by Gasteiger charge is -2.13. The number of aromatic nitrogens is 2. The molecular formula is C16H13ClN2. The Labute approximate surface area is 117 Å². The fourth-order valence-corrected chi connectivity index (χ4v) is 2.33. The summed E-state index contributed by atoms with van der Waals surface area (Å²) < 4.78 is 0. The van der Waals surface area contributed by atoms with Crippen molar-refractivity contribution in [1.29, 1.82) is 0 Å². The zero-order chi connectivity index (χ0) is 13.1. The highest BCUT2D eigenvalue weighted by atomic mass is 35.5. The zero-order valence-corrected chi connectivity index (χ0v) is 11.1. The van der Waals surface area contributed by atoms with Crippen LogP contribution >= 0.6 is 11.6 Å². The van der Waals surface area contributed by atoms with E-state index in [1.165, 1.54) is 0 Å². The first kappa shape index (κ1) is 12.1. The molecule has 1 aromatic heterocycles. The van der Waals surface area contributed by atoms with Crippen LogP contribution in [0.25, 0.3) is 11.4 Å². The van der Waals surface area contributed by atoms with E-state index in [-0.39, 0.29) is 5.92 Å². The summed E-state index contributed by atoms with van der Waals surface area (Å²) in [6.07, 6.45) is 9.35. The summed E-state index contributed by atoms with van der Waals surface area (Å²) in [6.45, 7) is 0. The molecule has 0 saturated carbocycles. The second-order valence-electron chi connectivity index (χ2n) is 4.46. The Balaban J connectivity index is 2.01. The molecule has 0 bridgehead atoms. The largest absolute Gasteiger partial charge is 0.232 e. The van der Waals surface area contributed by atoms with Crippen LogP contribution in [0.1, 0.15) is 18.0 Å². The topological polar surface area (TPSA) is 25.8 Å². The van der Waals surface area contributed by atoms with Gasteiger partial charge in [-0.3, -0.25) is 0 Å². The van der Waals surface area contributed by atoms with Crippen molar-refractivity contribution >= 4 is 11.6 Å². The van der Waals surface area contributed by atoms with E-state index in [4.69, 9.17) is 11.6 Å². The molecule has 0 spiro atoms. The molecule has 1 aliphatic rings. The average molecular weight is 269 g/mol. The zero-order valence-electron chi connectivity index (χ0n) is 10.3. The molecule has 19 heavy (non-hydrogen) atoms. The molecule has 0 aliphatic heterocycles. The fraction of sp³-hybridized carbons (Fsp3) is 0.125. The van der Waals surface area contributed by atoms with Crippen LogP contribution in [-0.2, 0) is 0 Å². The highest BCUT2D eigenvalue weighted by molar-refractivity contribution is 6.29. The van der Waals surface area contributed by atoms with E-state index in [0.717, 1.165) is 17.7 Å². The van der Waals surface area contributed by atoms with Gasteiger partial charge in [-0.05, 0) is 12.5 Å². The van der Waals surface area contributed by atoms with Gasteiger partial charge >= 0.3 is 0 Å². The standard InChI is InChI=1S/C16H13ClN2/c17-15-11-14(12-7-3-1-4-8-12)18-16(19-15)13-9-5-2-6-10-13/h1-7,9-12H,8H2. The molecule has 2 nitrogen and oxygen atoms in total. The lowest BCUT2D eigenvalue weighted by atomic mass is 9.97. The van der Waals surface area contributed by atoms with Gasteiger partial charge in [0.05, 0.1) is 5.69 Å². The van der Waals surface area contributed by atoms with Gasteiger partial charge < -0.3 is 0 Å². The van der Waals surface area contributed by atoms with Crippen LogP contribution in [0.15, 0.2) is 60.7 Å². The Morgan fingerprint density at radius 2 is 1.89 bits per heavy atom. The molecule has 0 fully saturated rings. The van der Waals surface area contributed by atoms with E-state index in [1.807, 2.05) is 42.5 Å². The molecule has 1 aliphatic carbocycles. The van der Waals surface area contributed by atoms with Crippen molar-refractivity contribution in [2.24, 2.45) is 0 Å². The highest BCUT2D eigenvalue weighted by Gasteiger charge is 2.13. The van der Waals surface area contributed by atoms with Crippen molar-refractivity contribution < 1.29 is 0 Å². The Hall–Kier alpha value is -1.93. The van der Waals surface area contributed by atoms with Crippen LogP contribution in [-0.4, -0.2) is 9.97 Å². The van der Waals surface area contributed by atoms with Gasteiger partial charge in [0.15, 0.2) is 5.82 Å². The number of hydrogen-bond acceptors (Lipinski definition) is 2. The highest BCUT2D eigenvalue weighted by Crippen LogP contribution is 2.26. The molecule has 94 valence electrons. The minimum atomic E-state index is 0.285. The van der Waals surface area contributed by atoms with Gasteiger partial charge in [0.1, 0.15) is 5.15 Å². The first-order valence-corrected chi connectivity index (χ1v) is 6.64. The van der Waals surface area contributed by atoms with E-state index >= 15 is 0 Å². The van der Waals surface area contributed by atoms with Gasteiger partial charge in [0.25, 0.3) is 0 Å². The van der Waals surface area contributed by atoms with Gasteiger partial charge in [-0.2, -0.15) is 0 Å². The van der Waals surface area contributed by atoms with E-state index in [2.05, 4.69) is 28.2 Å². The lowest BCUT2D eigenvalue weighted by molar-refractivity contribution is 0.810. The fourth-order valence-electron chi connectivity index (χ4n) is 2.14. The summed E-state index contributed by atoms with van der Waals surface area (Å²) in [7, 11) is 0. The second kappa shape index (κ2) is 5.37. The first-order chi connectivity index (χ1) is 9.33. The van der Waals surface area contributed by atoms with Gasteiger partial charge in [0, 0.05) is 11.5 Å². The minimum absolute atomic E-state index is 0.285. The predicted octanol–water partition coefficient (Wildman–Crippen LogP) is 4.40. The van der Waals surface area contributed by atoms with E-state index in [1.54, 1.807) is 0 Å². The van der Waals surface area contributed by atoms with Crippen molar-refractivity contribution in [2.75, 3.05) is 0 Å². The quantitative estimate of drug-likeness (QED) is 0.755. The molecule has 0 radical (unpaired) electrons. The Kier molecular flexibility index (Phi) is 3.43. The number of benzene rings is 1. The van der Waals surface area contributed by atoms with Crippen LogP contribution in [0.4, 0.5) is 0 Å². The van der Waals surface area contributed by atoms with Crippen LogP contribution in [0, 0.1) is 0 Å². The lowest BCUT2D eigenvalue weighted by Crippen LogP contribution is -2.02. The number of hydrogen-bond donors (Lipinski definition) is 0. The minimum Gasteiger partial charge on any atom is -0.232 e. The van der Waals surface area contributed by atoms with Gasteiger partial charge in [-0.1, -0.05) is 66.2 Å². The van der Waals surface area contributed by atoms with Crippen molar-refractivity contribution in [1.82, 2.24) is 9.97 Å². The third kappa shape index (κ3) is 2.74. The summed E-state index contributed by atoms with van der Waals surface area (Å²) in [5, 5.41) is 0.492. The molecular weight excluding hydrogens is 256 g/mol. The van der Waals surface area contributed by atoms with Crippen molar-refractivity contribution in [3.8, 4) is 11.4 Å². The SMILES string of the molecule is Clc1cc(C2C=CC=CC2)nc(-c2ccccc2)n1. The average Bonchev–Trinajstić information content (AvgIpc) is 2.48. The van der Waals surface area contributed by atoms with E-state index in [0.29, 0.717) is 11.0 Å². The molecule has 1 aromatic carbocycles. The summed E-state index contributed by atoms with van der Waals surface area (Å²) >= 11 is 6.13. The third-order valence-corrected chi connectivity index (χ3v) is 3.30. The monoisotopic (exact) mass is 268 g/mol. The predicted molar refractivity (Wildman–Crippen MR) is 78.1 cm³/mol. The number of allylic oxidation sites excluding steroid dienone is 4. The summed E-state index contributed by atoms with van der Waals surface area (Å²) in [5.74, 6) is 0.971. The molecule has 3 heteroatoms. The van der Waals surface area contributed by atoms with Crippen LogP contribution in [0.2, 0.25) is 5.15 Å². The molecule has 3 rings (SSSR count). The summed E-state index contributed by atoms with van der Waals surface area (Å²) in [4.78, 5) is 8.96. The van der Waals surface area contributed by atoms with Gasteiger partial charge in [-0.25, -0.2) is 9.97 Å². The molecule has 2 aromatic rings. The Morgan fingerprint density at radius 3 is 2.63 bits per heavy atom. The number of nitrogens with zero attached hydrogens (tertiary/aromatic N) is 2. The molecule has 0 amide bonds. The van der Waals surface area contributed by atoms with E-state index in [9.17, 15) is 0 Å². The molecule has 1 unspecified atom stereocenters. The normalized spacial score (nSPS) is 17.6. The maximum absolute atomic E-state index is 6.13. The number of halogens is 1. The van der Waals surface area contributed by atoms with E-state index < -0.39 is 0 Å². The number of rotatable bonds is 2. The van der Waals surface area contributed by atoms with Crippen molar-refractivity contribution in [3.05, 3.63) is 71.5 Å². The smallest absolute Gasteiger partial charge is 0.161 e. The Bertz CT molecular complexity index is 632.